The van der Waals surface area contributed by atoms with E-state index in [0.717, 1.165) is 16.1 Å². The summed E-state index contributed by atoms with van der Waals surface area (Å²) in [5, 5.41) is 2.86. The zero-order valence-corrected chi connectivity index (χ0v) is 17.4. The van der Waals surface area contributed by atoms with Gasteiger partial charge in [0.15, 0.2) is 0 Å². The maximum absolute atomic E-state index is 13.2. The van der Waals surface area contributed by atoms with Crippen LogP contribution < -0.4 is 15.0 Å². The first-order valence-corrected chi connectivity index (χ1v) is 10.6. The zero-order chi connectivity index (χ0) is 20.9. The molecule has 0 radical (unpaired) electrons. The Labute approximate surface area is 180 Å². The molecule has 2 amide bonds. The molecule has 0 fully saturated rings. The van der Waals surface area contributed by atoms with E-state index in [2.05, 4.69) is 5.32 Å². The molecule has 6 heteroatoms. The summed E-state index contributed by atoms with van der Waals surface area (Å²) in [6.45, 7) is -0.0596. The van der Waals surface area contributed by atoms with Crippen LogP contribution in [-0.2, 0) is 9.59 Å². The average Bonchev–Trinajstić information content (AvgIpc) is 2.91. The van der Waals surface area contributed by atoms with E-state index in [-0.39, 0.29) is 23.6 Å². The van der Waals surface area contributed by atoms with Crippen molar-refractivity contribution in [1.29, 1.82) is 0 Å². The molecule has 1 heterocycles. The van der Waals surface area contributed by atoms with Crippen LogP contribution in [0.1, 0.15) is 17.2 Å². The molecule has 1 atom stereocenters. The van der Waals surface area contributed by atoms with E-state index in [1.165, 1.54) is 0 Å². The molecule has 152 valence electrons. The van der Waals surface area contributed by atoms with Gasteiger partial charge in [0, 0.05) is 16.6 Å². The van der Waals surface area contributed by atoms with Crippen LogP contribution >= 0.6 is 11.8 Å². The predicted molar refractivity (Wildman–Crippen MR) is 120 cm³/mol. The highest BCUT2D eigenvalue weighted by molar-refractivity contribution is 7.99. The number of para-hydroxylation sites is 3. The quantitative estimate of drug-likeness (QED) is 0.640. The number of methoxy groups -OCH3 is 1. The van der Waals surface area contributed by atoms with Crippen molar-refractivity contribution in [2.45, 2.75) is 16.6 Å². The minimum atomic E-state index is -0.272. The molecule has 0 aromatic heterocycles. The second-order valence-corrected chi connectivity index (χ2v) is 8.16. The Kier molecular flexibility index (Phi) is 6.05. The molecule has 0 unspecified atom stereocenters. The molecule has 3 aromatic carbocycles. The number of ether oxygens (including phenoxy) is 1. The average molecular weight is 419 g/mol. The van der Waals surface area contributed by atoms with Crippen molar-refractivity contribution in [2.75, 3.05) is 23.9 Å². The molecule has 5 nitrogen and oxygen atoms in total. The number of fused-ring (bicyclic) bond motifs is 1. The second-order valence-electron chi connectivity index (χ2n) is 6.92. The highest BCUT2D eigenvalue weighted by Gasteiger charge is 2.30. The minimum Gasteiger partial charge on any atom is -0.495 e. The first-order chi connectivity index (χ1) is 14.7. The lowest BCUT2D eigenvalue weighted by Gasteiger charge is -2.22. The molecule has 1 N–H and O–H groups in total. The van der Waals surface area contributed by atoms with Crippen LogP contribution in [0.25, 0.3) is 0 Å². The Hall–Kier alpha value is -3.25. The van der Waals surface area contributed by atoms with Crippen LogP contribution in [0.4, 0.5) is 11.4 Å². The number of amides is 2. The molecule has 0 aliphatic carbocycles. The number of rotatable bonds is 5. The van der Waals surface area contributed by atoms with Crippen LogP contribution in [0.2, 0.25) is 0 Å². The van der Waals surface area contributed by atoms with Crippen LogP contribution in [0.3, 0.4) is 0 Å². The van der Waals surface area contributed by atoms with E-state index >= 15 is 0 Å². The number of carbonyl (C=O) groups is 2. The number of thioether (sulfide) groups is 1. The van der Waals surface area contributed by atoms with Gasteiger partial charge in [-0.2, -0.15) is 0 Å². The van der Waals surface area contributed by atoms with Gasteiger partial charge in [-0.1, -0.05) is 54.6 Å². The van der Waals surface area contributed by atoms with Crippen molar-refractivity contribution < 1.29 is 14.3 Å². The van der Waals surface area contributed by atoms with Gasteiger partial charge in [0.05, 0.1) is 18.5 Å². The summed E-state index contributed by atoms with van der Waals surface area (Å²) in [6, 6.07) is 25.0. The molecule has 4 rings (SSSR count). The Morgan fingerprint density at radius 1 is 1.03 bits per heavy atom. The number of nitrogens with one attached hydrogen (secondary N) is 1. The molecule has 0 bridgehead atoms. The molecule has 30 heavy (non-hydrogen) atoms. The van der Waals surface area contributed by atoms with Crippen molar-refractivity contribution >= 4 is 35.0 Å². The summed E-state index contributed by atoms with van der Waals surface area (Å²) < 4.78 is 5.30. The smallest absolute Gasteiger partial charge is 0.244 e. The van der Waals surface area contributed by atoms with Crippen molar-refractivity contribution in [2.24, 2.45) is 0 Å². The predicted octanol–water partition coefficient (Wildman–Crippen LogP) is 4.90. The highest BCUT2D eigenvalue weighted by Crippen LogP contribution is 2.45. The largest absolute Gasteiger partial charge is 0.495 e. The third kappa shape index (κ3) is 4.33. The first-order valence-electron chi connectivity index (χ1n) is 9.69. The van der Waals surface area contributed by atoms with E-state index in [4.69, 9.17) is 4.74 Å². The van der Waals surface area contributed by atoms with Gasteiger partial charge in [0.25, 0.3) is 0 Å². The fraction of sp³-hybridized carbons (Fsp3) is 0.167. The number of hydrogen-bond acceptors (Lipinski definition) is 4. The molecular formula is C24H22N2O3S. The van der Waals surface area contributed by atoms with Crippen molar-refractivity contribution in [3.05, 3.63) is 84.4 Å². The Morgan fingerprint density at radius 2 is 1.73 bits per heavy atom. The van der Waals surface area contributed by atoms with Crippen LogP contribution in [0.15, 0.2) is 83.8 Å². The van der Waals surface area contributed by atoms with E-state index in [1.807, 2.05) is 66.7 Å². The molecule has 1 aliphatic heterocycles. The Morgan fingerprint density at radius 3 is 2.53 bits per heavy atom. The third-order valence-corrected chi connectivity index (χ3v) is 6.26. The van der Waals surface area contributed by atoms with E-state index in [9.17, 15) is 9.59 Å². The maximum Gasteiger partial charge on any atom is 0.244 e. The SMILES string of the molecule is COc1ccccc1NC(=O)CN1C(=O)C[C@@H](c2ccccc2)Sc2ccccc21. The van der Waals surface area contributed by atoms with Crippen LogP contribution in [0.5, 0.6) is 5.75 Å². The molecule has 0 saturated carbocycles. The number of benzene rings is 3. The second kappa shape index (κ2) is 9.05. The lowest BCUT2D eigenvalue weighted by Crippen LogP contribution is -2.38. The van der Waals surface area contributed by atoms with E-state index < -0.39 is 0 Å². The van der Waals surface area contributed by atoms with Gasteiger partial charge in [-0.3, -0.25) is 9.59 Å². The van der Waals surface area contributed by atoms with Crippen molar-refractivity contribution in [1.82, 2.24) is 0 Å². The van der Waals surface area contributed by atoms with Crippen molar-refractivity contribution in [3.8, 4) is 5.75 Å². The van der Waals surface area contributed by atoms with Gasteiger partial charge in [0.1, 0.15) is 12.3 Å². The topological polar surface area (TPSA) is 58.6 Å². The lowest BCUT2D eigenvalue weighted by molar-refractivity contribution is -0.121. The molecule has 1 aliphatic rings. The summed E-state index contributed by atoms with van der Waals surface area (Å²) in [4.78, 5) is 28.5. The van der Waals surface area contributed by atoms with Gasteiger partial charge >= 0.3 is 0 Å². The van der Waals surface area contributed by atoms with Crippen LogP contribution in [0, 0.1) is 0 Å². The normalized spacial score (nSPS) is 15.8. The van der Waals surface area contributed by atoms with Gasteiger partial charge in [0.2, 0.25) is 11.8 Å². The summed E-state index contributed by atoms with van der Waals surface area (Å²) >= 11 is 1.66. The van der Waals surface area contributed by atoms with Gasteiger partial charge in [-0.25, -0.2) is 0 Å². The van der Waals surface area contributed by atoms with Gasteiger partial charge in [-0.05, 0) is 29.8 Å². The standard InChI is InChI=1S/C24H22N2O3S/c1-29-20-13-7-5-11-18(20)25-23(27)16-26-19-12-6-8-14-21(19)30-22(15-24(26)28)17-9-3-2-4-10-17/h2-14,22H,15-16H2,1H3,(H,25,27)/t22-/m0/s1. The molecule has 0 saturated heterocycles. The molecule has 3 aromatic rings. The Bertz CT molecular complexity index is 1060. The summed E-state index contributed by atoms with van der Waals surface area (Å²) in [7, 11) is 1.56. The summed E-state index contributed by atoms with van der Waals surface area (Å²) in [6.07, 6.45) is 0.325. The molecular weight excluding hydrogens is 396 g/mol. The third-order valence-electron chi connectivity index (χ3n) is 4.94. The van der Waals surface area contributed by atoms with Gasteiger partial charge < -0.3 is 15.0 Å². The van der Waals surface area contributed by atoms with Crippen LogP contribution in [-0.4, -0.2) is 25.5 Å². The molecule has 0 spiro atoms. The fourth-order valence-electron chi connectivity index (χ4n) is 3.49. The van der Waals surface area contributed by atoms with Gasteiger partial charge in [-0.15, -0.1) is 11.8 Å². The number of hydrogen-bond donors (Lipinski definition) is 1. The van der Waals surface area contributed by atoms with E-state index in [0.29, 0.717) is 17.9 Å². The summed E-state index contributed by atoms with van der Waals surface area (Å²) in [5.74, 6) is 0.232. The zero-order valence-electron chi connectivity index (χ0n) is 16.6. The number of carbonyl (C=O) groups excluding carboxylic acids is 2. The highest BCUT2D eigenvalue weighted by atomic mass is 32.2. The van der Waals surface area contributed by atoms with Crippen molar-refractivity contribution in [3.63, 3.8) is 0 Å². The minimum absolute atomic E-state index is 0.00197. The summed E-state index contributed by atoms with van der Waals surface area (Å²) in [5.41, 5.74) is 2.45. The number of nitrogens with zero attached hydrogens (tertiary/aromatic N) is 1. The monoisotopic (exact) mass is 418 g/mol. The lowest BCUT2D eigenvalue weighted by atomic mass is 10.1. The van der Waals surface area contributed by atoms with E-state index in [1.54, 1.807) is 35.9 Å². The number of anilines is 2. The fourth-order valence-corrected chi connectivity index (χ4v) is 4.77. The first kappa shape index (κ1) is 20.0. The Balaban J connectivity index is 1.58. The maximum atomic E-state index is 13.2.